The van der Waals surface area contributed by atoms with Crippen LogP contribution in [0.3, 0.4) is 0 Å². The van der Waals surface area contributed by atoms with E-state index in [2.05, 4.69) is 10.0 Å². The van der Waals surface area contributed by atoms with Crippen molar-refractivity contribution in [1.82, 2.24) is 14.6 Å². The zero-order valence-electron chi connectivity index (χ0n) is 15.9. The Morgan fingerprint density at radius 1 is 1.28 bits per heavy atom. The number of carbonyl (C=O) groups is 2. The van der Waals surface area contributed by atoms with Gasteiger partial charge in [0, 0.05) is 13.2 Å². The van der Waals surface area contributed by atoms with Gasteiger partial charge in [0.1, 0.15) is 23.3 Å². The minimum atomic E-state index is -3.69. The third-order valence-electron chi connectivity index (χ3n) is 4.20. The van der Waals surface area contributed by atoms with Crippen LogP contribution in [0.15, 0.2) is 41.4 Å². The summed E-state index contributed by atoms with van der Waals surface area (Å²) in [6, 6.07) is 8.40. The molecule has 29 heavy (non-hydrogen) atoms. The Morgan fingerprint density at radius 3 is 2.72 bits per heavy atom. The molecule has 0 fully saturated rings. The van der Waals surface area contributed by atoms with Crippen LogP contribution in [0.4, 0.5) is 0 Å². The Morgan fingerprint density at radius 2 is 2.00 bits per heavy atom. The second kappa shape index (κ2) is 8.53. The fourth-order valence-electron chi connectivity index (χ4n) is 2.65. The van der Waals surface area contributed by atoms with Gasteiger partial charge < -0.3 is 24.1 Å². The number of aryl methyl sites for hydroxylation is 1. The molecule has 1 aromatic carbocycles. The molecule has 156 valence electrons. The first-order valence-electron chi connectivity index (χ1n) is 8.72. The van der Waals surface area contributed by atoms with Crippen molar-refractivity contribution in [3.63, 3.8) is 0 Å². The van der Waals surface area contributed by atoms with Gasteiger partial charge in [-0.3, -0.25) is 4.79 Å². The van der Waals surface area contributed by atoms with Gasteiger partial charge in [0.2, 0.25) is 10.0 Å². The number of benzene rings is 1. The number of hydrogen-bond acceptors (Lipinski definition) is 7. The number of ether oxygens (including phenoxy) is 3. The van der Waals surface area contributed by atoms with Gasteiger partial charge in [0.05, 0.1) is 6.54 Å². The average molecular weight is 423 g/mol. The van der Waals surface area contributed by atoms with E-state index in [0.29, 0.717) is 11.5 Å². The summed E-state index contributed by atoms with van der Waals surface area (Å²) in [6.45, 7) is -0.0507. The molecule has 0 bridgehead atoms. The van der Waals surface area contributed by atoms with Gasteiger partial charge in [0.25, 0.3) is 5.91 Å². The van der Waals surface area contributed by atoms with Crippen LogP contribution >= 0.6 is 0 Å². The van der Waals surface area contributed by atoms with E-state index in [1.54, 1.807) is 12.1 Å². The first-order valence-corrected chi connectivity index (χ1v) is 10.2. The maximum absolute atomic E-state index is 12.2. The van der Waals surface area contributed by atoms with Crippen LogP contribution in [-0.4, -0.2) is 57.8 Å². The standard InChI is InChI=1S/C18H21N3O7S/c1-19-29(24,25)13-7-14(21(2)9-13)18(23)27-11-17(22)20-8-12-10-26-15-5-3-4-6-16(15)28-12/h3-7,9,12,19H,8,10-11H2,1-2H3,(H,20,22). The van der Waals surface area contributed by atoms with Crippen LogP contribution in [0.5, 0.6) is 11.5 Å². The van der Waals surface area contributed by atoms with Crippen molar-refractivity contribution in [2.75, 3.05) is 26.8 Å². The Bertz CT molecular complexity index is 1020. The smallest absolute Gasteiger partial charge is 0.355 e. The topological polar surface area (TPSA) is 125 Å². The highest BCUT2D eigenvalue weighted by Crippen LogP contribution is 2.30. The first kappa shape index (κ1) is 20.7. The van der Waals surface area contributed by atoms with Gasteiger partial charge in [-0.1, -0.05) is 12.1 Å². The lowest BCUT2D eigenvalue weighted by Gasteiger charge is -2.26. The SMILES string of the molecule is CNS(=O)(=O)c1cc(C(=O)OCC(=O)NCC2COc3ccccc3O2)n(C)c1. The van der Waals surface area contributed by atoms with Crippen molar-refractivity contribution in [3.8, 4) is 11.5 Å². The molecule has 0 saturated carbocycles. The summed E-state index contributed by atoms with van der Waals surface area (Å²) in [6.07, 6.45) is 0.910. The van der Waals surface area contributed by atoms with Gasteiger partial charge >= 0.3 is 5.97 Å². The highest BCUT2D eigenvalue weighted by Gasteiger charge is 2.23. The Balaban J connectivity index is 1.48. The fourth-order valence-corrected chi connectivity index (χ4v) is 3.45. The van der Waals surface area contributed by atoms with E-state index in [-0.39, 0.29) is 29.8 Å². The van der Waals surface area contributed by atoms with E-state index in [4.69, 9.17) is 14.2 Å². The Kier molecular flexibility index (Phi) is 6.09. The Hall–Kier alpha value is -3.05. The summed E-state index contributed by atoms with van der Waals surface area (Å²) in [4.78, 5) is 24.0. The lowest BCUT2D eigenvalue weighted by Crippen LogP contribution is -2.42. The second-order valence-corrected chi connectivity index (χ2v) is 8.14. The number of nitrogens with zero attached hydrogens (tertiary/aromatic N) is 1. The molecular formula is C18H21N3O7S. The number of fused-ring (bicyclic) bond motifs is 1. The maximum Gasteiger partial charge on any atom is 0.355 e. The summed E-state index contributed by atoms with van der Waals surface area (Å²) < 4.78 is 43.3. The van der Waals surface area contributed by atoms with Crippen LogP contribution in [0, 0.1) is 0 Å². The molecule has 0 spiro atoms. The predicted octanol–water partition coefficient (Wildman–Crippen LogP) is 0.0462. The van der Waals surface area contributed by atoms with Crippen LogP contribution < -0.4 is 19.5 Å². The molecule has 1 aliphatic heterocycles. The zero-order valence-corrected chi connectivity index (χ0v) is 16.7. The number of rotatable bonds is 7. The summed E-state index contributed by atoms with van der Waals surface area (Å²) >= 11 is 0. The van der Waals surface area contributed by atoms with E-state index in [9.17, 15) is 18.0 Å². The summed E-state index contributed by atoms with van der Waals surface area (Å²) in [5.41, 5.74) is 0.00671. The van der Waals surface area contributed by atoms with Crippen LogP contribution in [0.2, 0.25) is 0 Å². The maximum atomic E-state index is 12.2. The van der Waals surface area contributed by atoms with E-state index in [0.717, 1.165) is 0 Å². The molecule has 1 amide bonds. The number of amides is 1. The molecule has 10 nitrogen and oxygen atoms in total. The Labute approximate surface area is 167 Å². The van der Waals surface area contributed by atoms with Crippen LogP contribution in [-0.2, 0) is 26.6 Å². The number of hydrogen-bond donors (Lipinski definition) is 2. The van der Waals surface area contributed by atoms with Crippen molar-refractivity contribution in [3.05, 3.63) is 42.2 Å². The van der Waals surface area contributed by atoms with Crippen molar-refractivity contribution in [1.29, 1.82) is 0 Å². The summed E-state index contributed by atoms with van der Waals surface area (Å²) in [5.74, 6) is -0.0869. The minimum absolute atomic E-state index is 0.00671. The number of nitrogens with one attached hydrogen (secondary N) is 2. The molecule has 2 heterocycles. The minimum Gasteiger partial charge on any atom is -0.486 e. The van der Waals surface area contributed by atoms with Gasteiger partial charge in [-0.15, -0.1) is 0 Å². The largest absolute Gasteiger partial charge is 0.486 e. The highest BCUT2D eigenvalue weighted by molar-refractivity contribution is 7.89. The molecule has 1 atom stereocenters. The molecule has 2 aromatic rings. The van der Waals surface area contributed by atoms with Gasteiger partial charge in [0.15, 0.2) is 18.1 Å². The zero-order chi connectivity index (χ0) is 21.0. The van der Waals surface area contributed by atoms with E-state index in [1.807, 2.05) is 12.1 Å². The molecule has 11 heteroatoms. The molecule has 0 aliphatic carbocycles. The number of sulfonamides is 1. The molecule has 0 radical (unpaired) electrons. The number of carbonyl (C=O) groups excluding carboxylic acids is 2. The van der Waals surface area contributed by atoms with Gasteiger partial charge in [-0.2, -0.15) is 0 Å². The quantitative estimate of drug-likeness (QED) is 0.603. The third-order valence-corrected chi connectivity index (χ3v) is 5.58. The van der Waals surface area contributed by atoms with E-state index >= 15 is 0 Å². The first-order chi connectivity index (χ1) is 13.8. The third kappa shape index (κ3) is 4.87. The summed E-state index contributed by atoms with van der Waals surface area (Å²) in [5, 5.41) is 2.61. The van der Waals surface area contributed by atoms with Crippen molar-refractivity contribution in [2.45, 2.75) is 11.0 Å². The number of aromatic nitrogens is 1. The second-order valence-electron chi connectivity index (χ2n) is 6.26. The molecule has 1 aliphatic rings. The molecule has 0 saturated heterocycles. The number of para-hydroxylation sites is 2. The lowest BCUT2D eigenvalue weighted by atomic mass is 10.2. The predicted molar refractivity (Wildman–Crippen MR) is 101 cm³/mol. The summed E-state index contributed by atoms with van der Waals surface area (Å²) in [7, 11) is -0.919. The highest BCUT2D eigenvalue weighted by atomic mass is 32.2. The van der Waals surface area contributed by atoms with Gasteiger partial charge in [-0.25, -0.2) is 17.9 Å². The van der Waals surface area contributed by atoms with Crippen molar-refractivity contribution < 1.29 is 32.2 Å². The number of esters is 1. The average Bonchev–Trinajstić information content (AvgIpc) is 3.13. The van der Waals surface area contributed by atoms with Crippen molar-refractivity contribution >= 4 is 21.9 Å². The van der Waals surface area contributed by atoms with E-state index < -0.39 is 28.5 Å². The molecule has 1 unspecified atom stereocenters. The fraction of sp³-hybridized carbons (Fsp3) is 0.333. The van der Waals surface area contributed by atoms with Crippen molar-refractivity contribution in [2.24, 2.45) is 7.05 Å². The molecule has 2 N–H and O–H groups in total. The lowest BCUT2D eigenvalue weighted by molar-refractivity contribution is -0.124. The molecule has 1 aromatic heterocycles. The normalized spacial score (nSPS) is 15.6. The van der Waals surface area contributed by atoms with Crippen LogP contribution in [0.1, 0.15) is 10.5 Å². The monoisotopic (exact) mass is 423 g/mol. The molecular weight excluding hydrogens is 402 g/mol. The van der Waals surface area contributed by atoms with Gasteiger partial charge in [-0.05, 0) is 25.2 Å². The van der Waals surface area contributed by atoms with Crippen LogP contribution in [0.25, 0.3) is 0 Å². The molecule has 3 rings (SSSR count). The van der Waals surface area contributed by atoms with E-state index in [1.165, 1.54) is 30.9 Å².